The molecule has 0 aliphatic rings. The highest BCUT2D eigenvalue weighted by Gasteiger charge is 1.88. The first-order valence-electron chi connectivity index (χ1n) is 3.67. The van der Waals surface area contributed by atoms with Crippen molar-refractivity contribution in [3.63, 3.8) is 0 Å². The normalized spacial score (nSPS) is 10.7. The van der Waals surface area contributed by atoms with Crippen LogP contribution < -0.4 is 5.84 Å². The molecule has 0 aliphatic carbocycles. The van der Waals surface area contributed by atoms with E-state index in [1.54, 1.807) is 11.1 Å². The fraction of sp³-hybridized carbons (Fsp3) is 0.333. The monoisotopic (exact) mass is 152 g/mol. The molecule has 0 aliphatic heterocycles. The third-order valence-corrected chi connectivity index (χ3v) is 1.17. The summed E-state index contributed by atoms with van der Waals surface area (Å²) in [5.74, 6) is 5.55. The van der Waals surface area contributed by atoms with E-state index in [-0.39, 0.29) is 0 Å². The van der Waals surface area contributed by atoms with Crippen LogP contribution in [-0.2, 0) is 0 Å². The Labute approximate surface area is 68.7 Å². The Hall–Kier alpha value is -0.860. The van der Waals surface area contributed by atoms with Gasteiger partial charge in [0, 0.05) is 13.1 Å². The summed E-state index contributed by atoms with van der Waals surface area (Å²) in [5.41, 5.74) is 0. The topological polar surface area (TPSA) is 29.3 Å². The van der Waals surface area contributed by atoms with Gasteiger partial charge in [-0.2, -0.15) is 0 Å². The molecule has 0 rings (SSSR count). The molecule has 0 aromatic heterocycles. The SMILES string of the molecule is C=CCC=CCN(N)CC=C. The lowest BCUT2D eigenvalue weighted by atomic mass is 10.3. The highest BCUT2D eigenvalue weighted by molar-refractivity contribution is 4.90. The molecule has 2 N–H and O–H groups in total. The zero-order chi connectivity index (χ0) is 8.53. The molecule has 0 aromatic rings. The average molecular weight is 152 g/mol. The number of hydrazine groups is 1. The lowest BCUT2D eigenvalue weighted by molar-refractivity contribution is 0.350. The van der Waals surface area contributed by atoms with Gasteiger partial charge in [0.15, 0.2) is 0 Å². The van der Waals surface area contributed by atoms with Crippen molar-refractivity contribution < 1.29 is 0 Å². The molecule has 0 heterocycles. The van der Waals surface area contributed by atoms with E-state index < -0.39 is 0 Å². The van der Waals surface area contributed by atoms with Crippen LogP contribution in [0.4, 0.5) is 0 Å². The molecule has 0 fully saturated rings. The Kier molecular flexibility index (Phi) is 6.68. The molecular weight excluding hydrogens is 136 g/mol. The van der Waals surface area contributed by atoms with Crippen LogP contribution in [0, 0.1) is 0 Å². The maximum absolute atomic E-state index is 5.55. The van der Waals surface area contributed by atoms with E-state index >= 15 is 0 Å². The highest BCUT2D eigenvalue weighted by atomic mass is 15.4. The molecule has 0 radical (unpaired) electrons. The summed E-state index contributed by atoms with van der Waals surface area (Å²) in [5, 5.41) is 1.69. The van der Waals surface area contributed by atoms with Gasteiger partial charge < -0.3 is 0 Å². The zero-order valence-electron chi connectivity index (χ0n) is 6.87. The van der Waals surface area contributed by atoms with Gasteiger partial charge in [0.2, 0.25) is 0 Å². The molecule has 0 saturated carbocycles. The second kappa shape index (κ2) is 7.25. The molecule has 11 heavy (non-hydrogen) atoms. The molecule has 2 nitrogen and oxygen atoms in total. The van der Waals surface area contributed by atoms with E-state index in [0.29, 0.717) is 0 Å². The second-order valence-electron chi connectivity index (χ2n) is 2.24. The Bertz CT molecular complexity index is 138. The van der Waals surface area contributed by atoms with E-state index in [9.17, 15) is 0 Å². The number of nitrogens with two attached hydrogens (primary N) is 1. The van der Waals surface area contributed by atoms with Crippen molar-refractivity contribution in [2.75, 3.05) is 13.1 Å². The minimum Gasteiger partial charge on any atom is -0.268 e. The third kappa shape index (κ3) is 7.03. The molecule has 2 heteroatoms. The maximum Gasteiger partial charge on any atom is 0.0312 e. The molecule has 0 unspecified atom stereocenters. The predicted molar refractivity (Wildman–Crippen MR) is 49.9 cm³/mol. The van der Waals surface area contributed by atoms with Crippen LogP contribution in [0.1, 0.15) is 6.42 Å². The number of nitrogens with zero attached hydrogens (tertiary/aromatic N) is 1. The Morgan fingerprint density at radius 1 is 1.09 bits per heavy atom. The zero-order valence-corrected chi connectivity index (χ0v) is 6.87. The largest absolute Gasteiger partial charge is 0.268 e. The number of allylic oxidation sites excluding steroid dienone is 2. The summed E-state index contributed by atoms with van der Waals surface area (Å²) in [7, 11) is 0. The van der Waals surface area contributed by atoms with Crippen LogP contribution in [0.2, 0.25) is 0 Å². The molecule has 0 bridgehead atoms. The van der Waals surface area contributed by atoms with Crippen LogP contribution in [0.15, 0.2) is 37.5 Å². The van der Waals surface area contributed by atoms with Crippen LogP contribution in [0.3, 0.4) is 0 Å². The van der Waals surface area contributed by atoms with E-state index in [4.69, 9.17) is 5.84 Å². The molecule has 0 aromatic carbocycles. The summed E-state index contributed by atoms with van der Waals surface area (Å²) in [6.45, 7) is 8.67. The van der Waals surface area contributed by atoms with Crippen LogP contribution in [-0.4, -0.2) is 18.1 Å². The third-order valence-electron chi connectivity index (χ3n) is 1.17. The summed E-state index contributed by atoms with van der Waals surface area (Å²) >= 11 is 0. The van der Waals surface area contributed by atoms with Crippen LogP contribution in [0.25, 0.3) is 0 Å². The van der Waals surface area contributed by atoms with Crippen LogP contribution >= 0.6 is 0 Å². The van der Waals surface area contributed by atoms with Gasteiger partial charge in [-0.1, -0.05) is 24.3 Å². The van der Waals surface area contributed by atoms with Crippen molar-refractivity contribution in [1.82, 2.24) is 5.01 Å². The van der Waals surface area contributed by atoms with Gasteiger partial charge in [-0.25, -0.2) is 5.01 Å². The minimum atomic E-state index is 0.721. The average Bonchev–Trinajstić information content (AvgIpc) is 1.99. The van der Waals surface area contributed by atoms with Crippen molar-refractivity contribution in [3.8, 4) is 0 Å². The number of hydrogen-bond acceptors (Lipinski definition) is 2. The van der Waals surface area contributed by atoms with Gasteiger partial charge in [0.05, 0.1) is 0 Å². The molecule has 62 valence electrons. The quantitative estimate of drug-likeness (QED) is 0.355. The summed E-state index contributed by atoms with van der Waals surface area (Å²) in [6, 6.07) is 0. The van der Waals surface area contributed by atoms with Gasteiger partial charge in [-0.3, -0.25) is 5.84 Å². The Balaban J connectivity index is 3.35. The molecule has 0 amide bonds. The van der Waals surface area contributed by atoms with Crippen LogP contribution in [0.5, 0.6) is 0 Å². The van der Waals surface area contributed by atoms with E-state index in [1.807, 2.05) is 18.2 Å². The first-order valence-corrected chi connectivity index (χ1v) is 3.67. The van der Waals surface area contributed by atoms with E-state index in [0.717, 1.165) is 19.5 Å². The summed E-state index contributed by atoms with van der Waals surface area (Å²) in [4.78, 5) is 0. The highest BCUT2D eigenvalue weighted by Crippen LogP contribution is 1.84. The first kappa shape index (κ1) is 10.1. The summed E-state index contributed by atoms with van der Waals surface area (Å²) in [6.07, 6.45) is 8.59. The number of rotatable bonds is 6. The fourth-order valence-electron chi connectivity index (χ4n) is 0.643. The van der Waals surface area contributed by atoms with Crippen molar-refractivity contribution in [2.24, 2.45) is 5.84 Å². The van der Waals surface area contributed by atoms with Gasteiger partial charge in [-0.15, -0.1) is 13.2 Å². The predicted octanol–water partition coefficient (Wildman–Crippen LogP) is 1.48. The Morgan fingerprint density at radius 3 is 2.36 bits per heavy atom. The van der Waals surface area contributed by atoms with Crippen molar-refractivity contribution in [2.45, 2.75) is 6.42 Å². The van der Waals surface area contributed by atoms with Gasteiger partial charge in [0.1, 0.15) is 0 Å². The molecule has 0 atom stereocenters. The lowest BCUT2D eigenvalue weighted by Gasteiger charge is -2.09. The molecular formula is C9H16N2. The maximum atomic E-state index is 5.55. The lowest BCUT2D eigenvalue weighted by Crippen LogP contribution is -2.30. The van der Waals surface area contributed by atoms with Crippen molar-refractivity contribution in [1.29, 1.82) is 0 Å². The van der Waals surface area contributed by atoms with E-state index in [2.05, 4.69) is 13.2 Å². The van der Waals surface area contributed by atoms with Gasteiger partial charge >= 0.3 is 0 Å². The standard InChI is InChI=1S/C9H16N2/c1-3-5-6-7-9-11(10)8-4-2/h3-4,6-7H,1-2,5,8-10H2. The van der Waals surface area contributed by atoms with Crippen molar-refractivity contribution in [3.05, 3.63) is 37.5 Å². The fourth-order valence-corrected chi connectivity index (χ4v) is 0.643. The smallest absolute Gasteiger partial charge is 0.0312 e. The van der Waals surface area contributed by atoms with Crippen molar-refractivity contribution >= 4 is 0 Å². The van der Waals surface area contributed by atoms with Gasteiger partial charge in [0.25, 0.3) is 0 Å². The first-order chi connectivity index (χ1) is 5.31. The second-order valence-corrected chi connectivity index (χ2v) is 2.24. The minimum absolute atomic E-state index is 0.721. The molecule has 0 spiro atoms. The van der Waals surface area contributed by atoms with E-state index in [1.165, 1.54) is 0 Å². The number of hydrogen-bond donors (Lipinski definition) is 1. The van der Waals surface area contributed by atoms with Gasteiger partial charge in [-0.05, 0) is 6.42 Å². The molecule has 0 saturated heterocycles. The Morgan fingerprint density at radius 2 is 1.82 bits per heavy atom. The summed E-state index contributed by atoms with van der Waals surface area (Å²) < 4.78 is 0.